The number of amides is 2. The van der Waals surface area contributed by atoms with Gasteiger partial charge in [-0.1, -0.05) is 12.1 Å². The largest absolute Gasteiger partial charge is 0.478 e. The number of hydrogen-bond donors (Lipinski definition) is 2. The zero-order chi connectivity index (χ0) is 20.1. The summed E-state index contributed by atoms with van der Waals surface area (Å²) in [4.78, 5) is 36.3. The monoisotopic (exact) mass is 379 g/mol. The van der Waals surface area contributed by atoms with Gasteiger partial charge < -0.3 is 20.1 Å². The van der Waals surface area contributed by atoms with E-state index >= 15 is 0 Å². The number of benzene rings is 2. The molecule has 2 aromatic rings. The summed E-state index contributed by atoms with van der Waals surface area (Å²) in [6, 6.07) is 15.1. The first kappa shape index (κ1) is 18.9. The van der Waals surface area contributed by atoms with Gasteiger partial charge in [0.2, 0.25) is 0 Å². The van der Waals surface area contributed by atoms with Crippen LogP contribution in [0.5, 0.6) is 5.75 Å². The highest BCUT2D eigenvalue weighted by Gasteiger charge is 2.31. The van der Waals surface area contributed by atoms with Crippen LogP contribution in [0.1, 0.15) is 18.9 Å². The van der Waals surface area contributed by atoms with E-state index in [0.29, 0.717) is 22.7 Å². The zero-order valence-electron chi connectivity index (χ0n) is 15.0. The molecule has 0 saturated carbocycles. The van der Waals surface area contributed by atoms with Gasteiger partial charge in [-0.25, -0.2) is 0 Å². The maximum absolute atomic E-state index is 12.2. The van der Waals surface area contributed by atoms with Crippen LogP contribution in [0, 0.1) is 11.3 Å². The van der Waals surface area contributed by atoms with Crippen LogP contribution in [-0.4, -0.2) is 30.0 Å². The molecule has 2 atom stereocenters. The zero-order valence-corrected chi connectivity index (χ0v) is 15.0. The molecule has 28 heavy (non-hydrogen) atoms. The molecule has 1 heterocycles. The van der Waals surface area contributed by atoms with Crippen molar-refractivity contribution in [3.63, 3.8) is 0 Å². The molecule has 0 bridgehead atoms. The lowest BCUT2D eigenvalue weighted by molar-refractivity contribution is -0.155. The molecule has 1 aliphatic rings. The van der Waals surface area contributed by atoms with Crippen molar-refractivity contribution in [2.75, 3.05) is 10.6 Å². The molecular weight excluding hydrogens is 362 g/mol. The molecule has 142 valence electrons. The Balaban J connectivity index is 1.53. The first-order valence-corrected chi connectivity index (χ1v) is 8.53. The standard InChI is InChI=1S/C20H17N3O5/c1-12(19(25)22-14-8-6-13(11-21)7-9-14)27-18(24)10-17-20(26)23-15-4-2-3-5-16(15)28-17/h2-9,12,17H,10H2,1H3,(H,22,25)(H,23,26)/t12-,17+/m1/s1. The number of anilines is 2. The highest BCUT2D eigenvalue weighted by molar-refractivity contribution is 6.00. The van der Waals surface area contributed by atoms with E-state index in [0.717, 1.165) is 0 Å². The lowest BCUT2D eigenvalue weighted by Crippen LogP contribution is -2.40. The highest BCUT2D eigenvalue weighted by Crippen LogP contribution is 2.29. The van der Waals surface area contributed by atoms with Gasteiger partial charge >= 0.3 is 5.97 Å². The lowest BCUT2D eigenvalue weighted by Gasteiger charge is -2.25. The van der Waals surface area contributed by atoms with Crippen molar-refractivity contribution in [1.29, 1.82) is 5.26 Å². The molecule has 8 nitrogen and oxygen atoms in total. The molecule has 0 aromatic heterocycles. The summed E-state index contributed by atoms with van der Waals surface area (Å²) >= 11 is 0. The summed E-state index contributed by atoms with van der Waals surface area (Å²) in [5, 5.41) is 14.0. The number of carbonyl (C=O) groups excluding carboxylic acids is 3. The van der Waals surface area contributed by atoms with Gasteiger partial charge in [-0.3, -0.25) is 14.4 Å². The lowest BCUT2D eigenvalue weighted by atomic mass is 10.1. The minimum absolute atomic E-state index is 0.325. The van der Waals surface area contributed by atoms with Crippen LogP contribution in [0.25, 0.3) is 0 Å². The predicted octanol–water partition coefficient (Wildman–Crippen LogP) is 2.22. The first-order chi connectivity index (χ1) is 13.5. The van der Waals surface area contributed by atoms with E-state index in [4.69, 9.17) is 14.7 Å². The number of hydrogen-bond acceptors (Lipinski definition) is 6. The number of nitriles is 1. The van der Waals surface area contributed by atoms with Crippen molar-refractivity contribution in [2.24, 2.45) is 0 Å². The van der Waals surface area contributed by atoms with Crippen molar-refractivity contribution in [3.8, 4) is 11.8 Å². The smallest absolute Gasteiger partial charge is 0.310 e. The Kier molecular flexibility index (Phi) is 5.56. The van der Waals surface area contributed by atoms with Gasteiger partial charge in [0, 0.05) is 5.69 Å². The van der Waals surface area contributed by atoms with Crippen molar-refractivity contribution < 1.29 is 23.9 Å². The van der Waals surface area contributed by atoms with Gasteiger partial charge in [-0.2, -0.15) is 5.26 Å². The van der Waals surface area contributed by atoms with Crippen LogP contribution in [0.3, 0.4) is 0 Å². The third-order valence-electron chi connectivity index (χ3n) is 4.02. The van der Waals surface area contributed by atoms with E-state index in [2.05, 4.69) is 10.6 Å². The molecule has 0 fully saturated rings. The number of ether oxygens (including phenoxy) is 2. The summed E-state index contributed by atoms with van der Waals surface area (Å²) in [7, 11) is 0. The second-order valence-corrected chi connectivity index (χ2v) is 6.11. The molecule has 2 amide bonds. The van der Waals surface area contributed by atoms with Crippen LogP contribution in [0.2, 0.25) is 0 Å². The minimum Gasteiger partial charge on any atom is -0.478 e. The van der Waals surface area contributed by atoms with E-state index in [1.807, 2.05) is 6.07 Å². The van der Waals surface area contributed by atoms with E-state index < -0.39 is 30.0 Å². The highest BCUT2D eigenvalue weighted by atomic mass is 16.6. The summed E-state index contributed by atoms with van der Waals surface area (Å²) in [5.74, 6) is -1.25. The minimum atomic E-state index is -1.07. The SMILES string of the molecule is C[C@@H](OC(=O)C[C@@H]1Oc2ccccc2NC1=O)C(=O)Nc1ccc(C#N)cc1. The van der Waals surface area contributed by atoms with Crippen molar-refractivity contribution in [2.45, 2.75) is 25.6 Å². The predicted molar refractivity (Wildman–Crippen MR) is 99.4 cm³/mol. The van der Waals surface area contributed by atoms with Gasteiger partial charge in [0.15, 0.2) is 12.2 Å². The Morgan fingerprint density at radius 3 is 2.68 bits per heavy atom. The van der Waals surface area contributed by atoms with Crippen LogP contribution < -0.4 is 15.4 Å². The summed E-state index contributed by atoms with van der Waals surface area (Å²) in [6.07, 6.45) is -2.42. The molecule has 0 saturated heterocycles. The topological polar surface area (TPSA) is 118 Å². The normalized spacial score (nSPS) is 15.9. The Morgan fingerprint density at radius 1 is 1.25 bits per heavy atom. The molecule has 8 heteroatoms. The summed E-state index contributed by atoms with van der Waals surface area (Å²) < 4.78 is 10.6. The number of carbonyl (C=O) groups is 3. The quantitative estimate of drug-likeness (QED) is 0.769. The summed E-state index contributed by atoms with van der Waals surface area (Å²) in [5.41, 5.74) is 1.47. The molecule has 0 radical (unpaired) electrons. The molecule has 0 aliphatic carbocycles. The number of para-hydroxylation sites is 2. The van der Waals surface area contributed by atoms with E-state index in [1.165, 1.54) is 6.92 Å². The fraction of sp³-hybridized carbons (Fsp3) is 0.200. The van der Waals surface area contributed by atoms with E-state index in [9.17, 15) is 14.4 Å². The molecular formula is C20H17N3O5. The molecule has 2 N–H and O–H groups in total. The van der Waals surface area contributed by atoms with Crippen molar-refractivity contribution in [3.05, 3.63) is 54.1 Å². The fourth-order valence-electron chi connectivity index (χ4n) is 2.55. The van der Waals surface area contributed by atoms with Crippen LogP contribution in [0.4, 0.5) is 11.4 Å². The second kappa shape index (κ2) is 8.22. The number of esters is 1. The van der Waals surface area contributed by atoms with Gasteiger partial charge in [0.1, 0.15) is 5.75 Å². The van der Waals surface area contributed by atoms with Gasteiger partial charge in [-0.05, 0) is 43.3 Å². The number of fused-ring (bicyclic) bond motifs is 1. The third-order valence-corrected chi connectivity index (χ3v) is 4.02. The Bertz CT molecular complexity index is 949. The molecule has 2 aromatic carbocycles. The maximum atomic E-state index is 12.2. The second-order valence-electron chi connectivity index (χ2n) is 6.11. The van der Waals surface area contributed by atoms with Crippen LogP contribution in [-0.2, 0) is 19.1 Å². The van der Waals surface area contributed by atoms with Crippen molar-refractivity contribution >= 4 is 29.2 Å². The number of rotatable bonds is 5. The van der Waals surface area contributed by atoms with Gasteiger partial charge in [0.25, 0.3) is 11.8 Å². The Labute approximate surface area is 161 Å². The average molecular weight is 379 g/mol. The third kappa shape index (κ3) is 4.45. The Hall–Kier alpha value is -3.86. The Morgan fingerprint density at radius 2 is 1.96 bits per heavy atom. The van der Waals surface area contributed by atoms with Gasteiger partial charge in [0.05, 0.1) is 23.7 Å². The fourth-order valence-corrected chi connectivity index (χ4v) is 2.55. The molecule has 1 aliphatic heterocycles. The van der Waals surface area contributed by atoms with Crippen LogP contribution >= 0.6 is 0 Å². The van der Waals surface area contributed by atoms with E-state index in [1.54, 1.807) is 48.5 Å². The number of nitrogens with one attached hydrogen (secondary N) is 2. The van der Waals surface area contributed by atoms with Crippen LogP contribution in [0.15, 0.2) is 48.5 Å². The molecule has 0 spiro atoms. The summed E-state index contributed by atoms with van der Waals surface area (Å²) in [6.45, 7) is 1.42. The first-order valence-electron chi connectivity index (χ1n) is 8.53. The average Bonchev–Trinajstić information content (AvgIpc) is 2.69. The maximum Gasteiger partial charge on any atom is 0.310 e. The number of nitrogens with zero attached hydrogens (tertiary/aromatic N) is 1. The van der Waals surface area contributed by atoms with E-state index in [-0.39, 0.29) is 6.42 Å². The van der Waals surface area contributed by atoms with Gasteiger partial charge in [-0.15, -0.1) is 0 Å². The van der Waals surface area contributed by atoms with Crippen molar-refractivity contribution in [1.82, 2.24) is 0 Å². The molecule has 0 unspecified atom stereocenters. The molecule has 3 rings (SSSR count).